The first-order valence-electron chi connectivity index (χ1n) is 2.67. The summed E-state index contributed by atoms with van der Waals surface area (Å²) in [6.07, 6.45) is -0.651. The third-order valence-corrected chi connectivity index (χ3v) is 1.78. The van der Waals surface area contributed by atoms with Crippen LogP contribution in [0, 0.1) is 0 Å². The van der Waals surface area contributed by atoms with Gasteiger partial charge < -0.3 is 0 Å². The Bertz CT molecular complexity index is 130. The molecule has 0 aliphatic rings. The fourth-order valence-corrected chi connectivity index (χ4v) is 1.43. The average molecular weight is 184 g/mol. The first-order chi connectivity index (χ1) is 4.52. The lowest BCUT2D eigenvalue weighted by Crippen LogP contribution is -2.02. The van der Waals surface area contributed by atoms with Crippen LogP contribution in [-0.4, -0.2) is 19.6 Å². The second-order valence-electron chi connectivity index (χ2n) is 1.66. The van der Waals surface area contributed by atoms with Crippen molar-refractivity contribution in [3.63, 3.8) is 0 Å². The molecule has 0 aliphatic carbocycles. The molecule has 0 bridgehead atoms. The van der Waals surface area contributed by atoms with Crippen LogP contribution in [0.2, 0.25) is 0 Å². The largest absolute Gasteiger partial charge is 0.507 e. The Morgan fingerprint density at radius 1 is 1.10 bits per heavy atom. The van der Waals surface area contributed by atoms with E-state index in [1.54, 1.807) is 6.92 Å². The molecule has 0 aromatic rings. The van der Waals surface area contributed by atoms with Gasteiger partial charge in [-0.2, -0.15) is 0 Å². The molecule has 0 aromatic heterocycles. The molecule has 10 heavy (non-hydrogen) atoms. The predicted molar refractivity (Wildman–Crippen MR) is 38.7 cm³/mol. The molecule has 0 N–H and O–H groups in total. The summed E-state index contributed by atoms with van der Waals surface area (Å²) in [5.74, 6) is 0. The molecule has 0 saturated carbocycles. The highest BCUT2D eigenvalue weighted by Gasteiger charge is 2.22. The summed E-state index contributed by atoms with van der Waals surface area (Å²) in [5, 5.41) is 0. The Labute approximate surface area is 61.6 Å². The lowest BCUT2D eigenvalue weighted by molar-refractivity contribution is 0.0385. The maximum Gasteiger partial charge on any atom is 0.507 e. The highest BCUT2D eigenvalue weighted by atomic mass is 31.1. The van der Waals surface area contributed by atoms with E-state index < -0.39 is 22.3 Å². The fourth-order valence-electron chi connectivity index (χ4n) is 0.437. The predicted octanol–water partition coefficient (Wildman–Crippen LogP) is 2.11. The van der Waals surface area contributed by atoms with E-state index in [2.05, 4.69) is 9.05 Å². The van der Waals surface area contributed by atoms with Gasteiger partial charge in [0.25, 0.3) is 6.29 Å². The standard InChI is InChI=1S/C4H10O4P2/c1-4(7-9(2)5)8-10(3)6/h4H,1-3H3/q+2. The maximum absolute atomic E-state index is 10.4. The normalized spacial score (nSPS) is 16.3. The minimum Gasteiger partial charge on any atom is -0.110 e. The van der Waals surface area contributed by atoms with Crippen molar-refractivity contribution in [2.75, 3.05) is 13.3 Å². The summed E-state index contributed by atoms with van der Waals surface area (Å²) < 4.78 is 30.1. The van der Waals surface area contributed by atoms with Gasteiger partial charge in [0.1, 0.15) is 0 Å². The molecule has 0 aromatic carbocycles. The molecule has 0 aliphatic heterocycles. The molecule has 0 saturated heterocycles. The summed E-state index contributed by atoms with van der Waals surface area (Å²) in [5.41, 5.74) is 0. The second-order valence-corrected chi connectivity index (χ2v) is 3.84. The molecular weight excluding hydrogens is 174 g/mol. The summed E-state index contributed by atoms with van der Waals surface area (Å²) in [6, 6.07) is 0. The Morgan fingerprint density at radius 3 is 1.60 bits per heavy atom. The van der Waals surface area contributed by atoms with Crippen molar-refractivity contribution in [3.05, 3.63) is 0 Å². The monoisotopic (exact) mass is 184 g/mol. The van der Waals surface area contributed by atoms with Crippen LogP contribution in [0.5, 0.6) is 0 Å². The van der Waals surface area contributed by atoms with Gasteiger partial charge in [-0.15, -0.1) is 9.05 Å². The molecule has 0 rings (SSSR count). The van der Waals surface area contributed by atoms with Crippen LogP contribution in [0.1, 0.15) is 6.92 Å². The number of hydrogen-bond acceptors (Lipinski definition) is 4. The molecular formula is C4H10O4P2+2. The van der Waals surface area contributed by atoms with Gasteiger partial charge in [-0.3, -0.25) is 0 Å². The summed E-state index contributed by atoms with van der Waals surface area (Å²) in [6.45, 7) is 4.38. The minimum absolute atomic E-state index is 0.651. The van der Waals surface area contributed by atoms with Crippen LogP contribution < -0.4 is 0 Å². The summed E-state index contributed by atoms with van der Waals surface area (Å²) in [4.78, 5) is 0. The van der Waals surface area contributed by atoms with Crippen LogP contribution >= 0.6 is 16.1 Å². The van der Waals surface area contributed by atoms with E-state index in [0.717, 1.165) is 0 Å². The molecule has 0 radical (unpaired) electrons. The fraction of sp³-hybridized carbons (Fsp3) is 1.00. The van der Waals surface area contributed by atoms with Crippen molar-refractivity contribution >= 4 is 16.1 Å². The Morgan fingerprint density at radius 2 is 1.40 bits per heavy atom. The molecule has 6 heteroatoms. The van der Waals surface area contributed by atoms with E-state index >= 15 is 0 Å². The van der Waals surface area contributed by atoms with Crippen molar-refractivity contribution in [1.29, 1.82) is 0 Å². The van der Waals surface area contributed by atoms with E-state index in [-0.39, 0.29) is 0 Å². The smallest absolute Gasteiger partial charge is 0.110 e. The van der Waals surface area contributed by atoms with E-state index in [4.69, 9.17) is 0 Å². The first-order valence-corrected chi connectivity index (χ1v) is 5.92. The third kappa shape index (κ3) is 6.24. The molecule has 4 nitrogen and oxygen atoms in total. The quantitative estimate of drug-likeness (QED) is 0.495. The van der Waals surface area contributed by atoms with Crippen molar-refractivity contribution in [2.24, 2.45) is 0 Å². The zero-order chi connectivity index (χ0) is 8.15. The van der Waals surface area contributed by atoms with E-state index in [0.29, 0.717) is 0 Å². The van der Waals surface area contributed by atoms with Crippen molar-refractivity contribution < 1.29 is 18.2 Å². The highest BCUT2D eigenvalue weighted by molar-refractivity contribution is 7.38. The molecule has 58 valence electrons. The molecule has 2 atom stereocenters. The lowest BCUT2D eigenvalue weighted by Gasteiger charge is -1.91. The highest BCUT2D eigenvalue weighted by Crippen LogP contribution is 2.25. The van der Waals surface area contributed by atoms with E-state index in [9.17, 15) is 9.13 Å². The van der Waals surface area contributed by atoms with Gasteiger partial charge >= 0.3 is 16.1 Å². The van der Waals surface area contributed by atoms with Gasteiger partial charge in [-0.05, 0) is 16.1 Å². The topological polar surface area (TPSA) is 52.6 Å². The minimum atomic E-state index is -1.67. The Hall–Kier alpha value is 0.120. The van der Waals surface area contributed by atoms with Crippen molar-refractivity contribution in [1.82, 2.24) is 0 Å². The number of rotatable bonds is 4. The Balaban J connectivity index is 3.53. The molecule has 2 unspecified atom stereocenters. The van der Waals surface area contributed by atoms with Crippen molar-refractivity contribution in [3.8, 4) is 0 Å². The summed E-state index contributed by atoms with van der Waals surface area (Å²) in [7, 11) is -3.35. The average Bonchev–Trinajstić information content (AvgIpc) is 1.58. The van der Waals surface area contributed by atoms with Crippen LogP contribution in [0.4, 0.5) is 0 Å². The third-order valence-electron chi connectivity index (χ3n) is 0.594. The molecule has 0 spiro atoms. The van der Waals surface area contributed by atoms with E-state index in [1.807, 2.05) is 0 Å². The molecule has 0 amide bonds. The van der Waals surface area contributed by atoms with Gasteiger partial charge in [0.15, 0.2) is 13.3 Å². The second kappa shape index (κ2) is 4.86. The van der Waals surface area contributed by atoms with E-state index in [1.165, 1.54) is 13.3 Å². The lowest BCUT2D eigenvalue weighted by atomic mass is 10.8. The Kier molecular flexibility index (Phi) is 4.92. The van der Waals surface area contributed by atoms with Gasteiger partial charge in [0, 0.05) is 0 Å². The van der Waals surface area contributed by atoms with Crippen molar-refractivity contribution in [2.45, 2.75) is 13.2 Å². The molecule has 0 fully saturated rings. The SMILES string of the molecule is CC(O[P+](C)=O)O[P+](C)=O. The zero-order valence-corrected chi connectivity index (χ0v) is 7.89. The van der Waals surface area contributed by atoms with Crippen LogP contribution in [0.15, 0.2) is 0 Å². The number of hydrogen-bond donors (Lipinski definition) is 0. The van der Waals surface area contributed by atoms with Gasteiger partial charge in [0.05, 0.1) is 0 Å². The van der Waals surface area contributed by atoms with Crippen LogP contribution in [0.3, 0.4) is 0 Å². The maximum atomic E-state index is 10.4. The van der Waals surface area contributed by atoms with Gasteiger partial charge in [-0.25, -0.2) is 0 Å². The molecule has 0 heterocycles. The van der Waals surface area contributed by atoms with Crippen LogP contribution in [0.25, 0.3) is 0 Å². The van der Waals surface area contributed by atoms with Gasteiger partial charge in [-0.1, -0.05) is 0 Å². The van der Waals surface area contributed by atoms with Gasteiger partial charge in [0.2, 0.25) is 0 Å². The zero-order valence-electron chi connectivity index (χ0n) is 6.10. The summed E-state index contributed by atoms with van der Waals surface area (Å²) >= 11 is 0. The first kappa shape index (κ1) is 10.1. The van der Waals surface area contributed by atoms with Crippen LogP contribution in [-0.2, 0) is 18.2 Å².